The number of hydrogen-bond donors (Lipinski definition) is 2. The summed E-state index contributed by atoms with van der Waals surface area (Å²) in [6, 6.07) is 10.8. The molecule has 5 nitrogen and oxygen atoms in total. The topological polar surface area (TPSA) is 54.2 Å². The Morgan fingerprint density at radius 1 is 1.23 bits per heavy atom. The smallest absolute Gasteiger partial charge is 0.191 e. The minimum atomic E-state index is 0. The predicted octanol–water partition coefficient (Wildman–Crippen LogP) is 3.49. The molecule has 1 fully saturated rings. The molecule has 1 saturated carbocycles. The van der Waals surface area contributed by atoms with Gasteiger partial charge in [-0.3, -0.25) is 9.67 Å². The van der Waals surface area contributed by atoms with Crippen LogP contribution in [-0.4, -0.2) is 35.4 Å². The van der Waals surface area contributed by atoms with Gasteiger partial charge < -0.3 is 10.6 Å². The Bertz CT molecular complexity index is 691. The van der Waals surface area contributed by atoms with E-state index in [4.69, 9.17) is 4.99 Å². The van der Waals surface area contributed by atoms with E-state index in [1.807, 2.05) is 10.9 Å². The summed E-state index contributed by atoms with van der Waals surface area (Å²) in [6.45, 7) is 7.51. The van der Waals surface area contributed by atoms with Crippen LogP contribution >= 0.6 is 24.0 Å². The highest BCUT2D eigenvalue weighted by Gasteiger charge is 2.38. The average molecular weight is 467 g/mol. The van der Waals surface area contributed by atoms with Crippen LogP contribution in [0.5, 0.6) is 0 Å². The molecule has 1 aliphatic carbocycles. The summed E-state index contributed by atoms with van der Waals surface area (Å²) < 4.78 is 1.96. The van der Waals surface area contributed by atoms with Gasteiger partial charge in [-0.05, 0) is 37.8 Å². The van der Waals surface area contributed by atoms with Crippen LogP contribution < -0.4 is 10.6 Å². The van der Waals surface area contributed by atoms with Crippen molar-refractivity contribution in [3.05, 3.63) is 53.9 Å². The average Bonchev–Trinajstić information content (AvgIpc) is 3.00. The summed E-state index contributed by atoms with van der Waals surface area (Å²) in [5, 5.41) is 11.1. The number of rotatable bonds is 7. The second-order valence-electron chi connectivity index (χ2n) is 6.90. The predicted molar refractivity (Wildman–Crippen MR) is 118 cm³/mol. The van der Waals surface area contributed by atoms with Crippen molar-refractivity contribution < 1.29 is 0 Å². The van der Waals surface area contributed by atoms with Gasteiger partial charge in [-0.15, -0.1) is 24.0 Å². The normalized spacial score (nSPS) is 15.7. The van der Waals surface area contributed by atoms with Crippen molar-refractivity contribution >= 4 is 29.9 Å². The van der Waals surface area contributed by atoms with Crippen molar-refractivity contribution in [2.24, 2.45) is 4.99 Å². The molecule has 1 heterocycles. The minimum Gasteiger partial charge on any atom is -0.357 e. The third-order valence-electron chi connectivity index (χ3n) is 4.98. The number of benzene rings is 1. The van der Waals surface area contributed by atoms with Crippen molar-refractivity contribution in [2.45, 2.75) is 45.1 Å². The van der Waals surface area contributed by atoms with E-state index in [9.17, 15) is 0 Å². The first-order chi connectivity index (χ1) is 12.2. The molecule has 3 rings (SSSR count). The molecule has 0 atom stereocenters. The van der Waals surface area contributed by atoms with Gasteiger partial charge in [-0.1, -0.05) is 36.8 Å². The van der Waals surface area contributed by atoms with Crippen LogP contribution in [0.25, 0.3) is 0 Å². The van der Waals surface area contributed by atoms with Crippen LogP contribution in [0.15, 0.2) is 47.7 Å². The molecule has 0 amide bonds. The third-order valence-corrected chi connectivity index (χ3v) is 4.98. The fourth-order valence-corrected chi connectivity index (χ4v) is 3.38. The van der Waals surface area contributed by atoms with Gasteiger partial charge in [0.25, 0.3) is 0 Å². The van der Waals surface area contributed by atoms with E-state index in [2.05, 4.69) is 66.1 Å². The molecular formula is C20H30IN5. The number of guanidine groups is 1. The highest BCUT2D eigenvalue weighted by Crippen LogP contribution is 2.43. The number of aliphatic imine (C=N–C) groups is 1. The summed E-state index contributed by atoms with van der Waals surface area (Å²) in [4.78, 5) is 4.89. The number of aromatic nitrogens is 2. The molecule has 0 radical (unpaired) electrons. The maximum Gasteiger partial charge on any atom is 0.191 e. The SMILES string of the molecule is CCNC(=NCC1(c2ccccc2)CCC1)NCCn1cc(C)cn1.I. The monoisotopic (exact) mass is 467 g/mol. The van der Waals surface area contributed by atoms with Crippen LogP contribution in [0.1, 0.15) is 37.3 Å². The van der Waals surface area contributed by atoms with E-state index in [0.717, 1.165) is 32.1 Å². The van der Waals surface area contributed by atoms with Gasteiger partial charge in [-0.2, -0.15) is 5.10 Å². The first-order valence-electron chi connectivity index (χ1n) is 9.29. The summed E-state index contributed by atoms with van der Waals surface area (Å²) in [6.07, 6.45) is 7.70. The summed E-state index contributed by atoms with van der Waals surface area (Å²) in [5.41, 5.74) is 2.84. The second kappa shape index (κ2) is 9.94. The molecule has 0 aliphatic heterocycles. The molecule has 142 valence electrons. The van der Waals surface area contributed by atoms with Gasteiger partial charge in [-0.25, -0.2) is 0 Å². The van der Waals surface area contributed by atoms with Gasteiger partial charge >= 0.3 is 0 Å². The summed E-state index contributed by atoms with van der Waals surface area (Å²) in [7, 11) is 0. The molecule has 26 heavy (non-hydrogen) atoms. The zero-order valence-electron chi connectivity index (χ0n) is 15.7. The van der Waals surface area contributed by atoms with Crippen molar-refractivity contribution in [1.82, 2.24) is 20.4 Å². The molecule has 2 aromatic rings. The number of nitrogens with zero attached hydrogens (tertiary/aromatic N) is 3. The van der Waals surface area contributed by atoms with Crippen LogP contribution in [0.4, 0.5) is 0 Å². The Morgan fingerprint density at radius 2 is 2.00 bits per heavy atom. The Hall–Kier alpha value is -1.57. The molecule has 0 bridgehead atoms. The lowest BCUT2D eigenvalue weighted by atomic mass is 9.64. The molecule has 1 aromatic carbocycles. The highest BCUT2D eigenvalue weighted by molar-refractivity contribution is 14.0. The minimum absolute atomic E-state index is 0. The zero-order valence-corrected chi connectivity index (χ0v) is 18.1. The lowest BCUT2D eigenvalue weighted by Crippen LogP contribution is -2.42. The van der Waals surface area contributed by atoms with E-state index in [1.165, 1.54) is 30.4 Å². The van der Waals surface area contributed by atoms with Crippen LogP contribution in [0.2, 0.25) is 0 Å². The first kappa shape index (κ1) is 20.7. The number of nitrogens with one attached hydrogen (secondary N) is 2. The fourth-order valence-electron chi connectivity index (χ4n) is 3.38. The quantitative estimate of drug-likeness (QED) is 0.373. The molecule has 2 N–H and O–H groups in total. The molecule has 0 unspecified atom stereocenters. The Kier molecular flexibility index (Phi) is 7.93. The van der Waals surface area contributed by atoms with Gasteiger partial charge in [0.2, 0.25) is 0 Å². The molecule has 1 aliphatic rings. The lowest BCUT2D eigenvalue weighted by molar-refractivity contribution is 0.253. The Morgan fingerprint density at radius 3 is 2.58 bits per heavy atom. The maximum absolute atomic E-state index is 4.89. The maximum atomic E-state index is 4.89. The molecule has 6 heteroatoms. The van der Waals surface area contributed by atoms with Crippen LogP contribution in [-0.2, 0) is 12.0 Å². The molecular weight excluding hydrogens is 437 g/mol. The molecule has 0 spiro atoms. The zero-order chi connectivity index (χ0) is 17.5. The van der Waals surface area contributed by atoms with E-state index in [-0.39, 0.29) is 29.4 Å². The Labute approximate surface area is 173 Å². The molecule has 0 saturated heterocycles. The number of hydrogen-bond acceptors (Lipinski definition) is 2. The van der Waals surface area contributed by atoms with Crippen molar-refractivity contribution in [3.8, 4) is 0 Å². The van der Waals surface area contributed by atoms with Gasteiger partial charge in [0.05, 0.1) is 19.3 Å². The van der Waals surface area contributed by atoms with E-state index in [0.29, 0.717) is 0 Å². The van der Waals surface area contributed by atoms with Crippen molar-refractivity contribution in [1.29, 1.82) is 0 Å². The molecule has 1 aromatic heterocycles. The second-order valence-corrected chi connectivity index (χ2v) is 6.90. The van der Waals surface area contributed by atoms with Gasteiger partial charge in [0.15, 0.2) is 5.96 Å². The van der Waals surface area contributed by atoms with Gasteiger partial charge in [0.1, 0.15) is 0 Å². The Balaban J connectivity index is 0.00000243. The summed E-state index contributed by atoms with van der Waals surface area (Å²) in [5.74, 6) is 0.897. The van der Waals surface area contributed by atoms with Crippen molar-refractivity contribution in [3.63, 3.8) is 0 Å². The number of aryl methyl sites for hydroxylation is 1. The van der Waals surface area contributed by atoms with E-state index >= 15 is 0 Å². The van der Waals surface area contributed by atoms with Crippen LogP contribution in [0, 0.1) is 6.92 Å². The number of halogens is 1. The van der Waals surface area contributed by atoms with Crippen molar-refractivity contribution in [2.75, 3.05) is 19.6 Å². The standard InChI is InChI=1S/C20H29N5.HI/c1-3-21-19(22-12-13-25-15-17(2)14-24-25)23-16-20(10-7-11-20)18-8-5-4-6-9-18;/h4-6,8-9,14-15H,3,7,10-13,16H2,1-2H3,(H2,21,22,23);1H. The third kappa shape index (κ3) is 5.22. The van der Waals surface area contributed by atoms with Crippen LogP contribution in [0.3, 0.4) is 0 Å². The highest BCUT2D eigenvalue weighted by atomic mass is 127. The summed E-state index contributed by atoms with van der Waals surface area (Å²) >= 11 is 0. The first-order valence-corrected chi connectivity index (χ1v) is 9.29. The fraction of sp³-hybridized carbons (Fsp3) is 0.500. The van der Waals surface area contributed by atoms with E-state index < -0.39 is 0 Å². The lowest BCUT2D eigenvalue weighted by Gasteiger charge is -2.41. The van der Waals surface area contributed by atoms with Gasteiger partial charge in [0, 0.05) is 24.7 Å². The van der Waals surface area contributed by atoms with E-state index in [1.54, 1.807) is 0 Å². The largest absolute Gasteiger partial charge is 0.357 e.